The molecule has 0 fully saturated rings. The van der Waals surface area contributed by atoms with Gasteiger partial charge in [-0.2, -0.15) is 0 Å². The summed E-state index contributed by atoms with van der Waals surface area (Å²) in [7, 11) is 1.71. The number of hydrogen-bond donors (Lipinski definition) is 3. The molecule has 0 bridgehead atoms. The van der Waals surface area contributed by atoms with Gasteiger partial charge in [-0.3, -0.25) is 0 Å². The fourth-order valence-electron chi connectivity index (χ4n) is 2.64. The van der Waals surface area contributed by atoms with E-state index in [2.05, 4.69) is 59.9 Å². The highest BCUT2D eigenvalue weighted by molar-refractivity contribution is 6.27. The Labute approximate surface area is 163 Å². The largest absolute Gasteiger partial charge is 0.497 e. The van der Waals surface area contributed by atoms with Crippen molar-refractivity contribution in [2.24, 2.45) is 0 Å². The Morgan fingerprint density at radius 1 is 0.857 bits per heavy atom. The first-order valence-corrected chi connectivity index (χ1v) is 8.77. The number of ether oxygens (including phenoxy) is 1. The molecule has 28 heavy (non-hydrogen) atoms. The van der Waals surface area contributed by atoms with Crippen LogP contribution in [0.1, 0.15) is 11.1 Å². The summed E-state index contributed by atoms with van der Waals surface area (Å²) in [6.45, 7) is 1.86. The maximum Gasteiger partial charge on any atom is 0.414 e. The molecule has 0 aliphatic heterocycles. The SMILES string of the molecule is COc1cccc(CCNCc2ccc3ccccc3c2)c1.O=C(O)C(=O)O. The molecule has 0 saturated heterocycles. The molecule has 3 aromatic carbocycles. The van der Waals surface area contributed by atoms with E-state index in [-0.39, 0.29) is 0 Å². The van der Waals surface area contributed by atoms with E-state index in [1.807, 2.05) is 12.1 Å². The predicted molar refractivity (Wildman–Crippen MR) is 108 cm³/mol. The molecule has 0 atom stereocenters. The third-order valence-electron chi connectivity index (χ3n) is 4.05. The van der Waals surface area contributed by atoms with Crippen LogP contribution in [0.2, 0.25) is 0 Å². The summed E-state index contributed by atoms with van der Waals surface area (Å²) in [5.41, 5.74) is 2.62. The highest BCUT2D eigenvalue weighted by Crippen LogP contribution is 2.16. The van der Waals surface area contributed by atoms with Gasteiger partial charge in [-0.05, 0) is 53.1 Å². The fraction of sp³-hybridized carbons (Fsp3) is 0.182. The molecule has 3 aromatic rings. The first-order chi connectivity index (χ1) is 13.5. The second-order valence-electron chi connectivity index (χ2n) is 6.07. The van der Waals surface area contributed by atoms with Crippen molar-refractivity contribution in [3.8, 4) is 5.75 Å². The highest BCUT2D eigenvalue weighted by Gasteiger charge is 2.04. The molecule has 0 aromatic heterocycles. The van der Waals surface area contributed by atoms with Gasteiger partial charge in [0.25, 0.3) is 0 Å². The topological polar surface area (TPSA) is 95.9 Å². The molecule has 0 heterocycles. The van der Waals surface area contributed by atoms with Crippen molar-refractivity contribution >= 4 is 22.7 Å². The van der Waals surface area contributed by atoms with Crippen molar-refractivity contribution in [1.82, 2.24) is 5.32 Å². The normalized spacial score (nSPS) is 10.0. The molecular formula is C22H23NO5. The second kappa shape index (κ2) is 10.7. The van der Waals surface area contributed by atoms with Gasteiger partial charge in [0, 0.05) is 6.54 Å². The lowest BCUT2D eigenvalue weighted by Gasteiger charge is -2.07. The molecule has 0 aliphatic rings. The highest BCUT2D eigenvalue weighted by atomic mass is 16.5. The number of rotatable bonds is 6. The standard InChI is InChI=1S/C20H21NO.C2H2O4/c1-22-20-8-4-5-16(14-20)11-12-21-15-17-9-10-18-6-2-3-7-19(18)13-17;3-1(4)2(5)6/h2-10,13-14,21H,11-12,15H2,1H3;(H,3,4)(H,5,6). The average molecular weight is 381 g/mol. The van der Waals surface area contributed by atoms with Crippen LogP contribution in [0, 0.1) is 0 Å². The number of hydrogen-bond acceptors (Lipinski definition) is 4. The molecule has 146 valence electrons. The number of aliphatic carboxylic acids is 2. The van der Waals surface area contributed by atoms with Crippen molar-refractivity contribution < 1.29 is 24.5 Å². The van der Waals surface area contributed by atoms with Crippen LogP contribution in [0.15, 0.2) is 66.7 Å². The second-order valence-corrected chi connectivity index (χ2v) is 6.07. The van der Waals surface area contributed by atoms with E-state index in [4.69, 9.17) is 24.5 Å². The van der Waals surface area contributed by atoms with E-state index in [9.17, 15) is 0 Å². The van der Waals surface area contributed by atoms with Gasteiger partial charge in [-0.25, -0.2) is 9.59 Å². The van der Waals surface area contributed by atoms with Crippen LogP contribution >= 0.6 is 0 Å². The summed E-state index contributed by atoms with van der Waals surface area (Å²) in [6.07, 6.45) is 1.00. The third-order valence-corrected chi connectivity index (χ3v) is 4.05. The van der Waals surface area contributed by atoms with Crippen molar-refractivity contribution in [2.75, 3.05) is 13.7 Å². The molecule has 6 nitrogen and oxygen atoms in total. The van der Waals surface area contributed by atoms with E-state index < -0.39 is 11.9 Å². The monoisotopic (exact) mass is 381 g/mol. The molecular weight excluding hydrogens is 358 g/mol. The van der Waals surface area contributed by atoms with Crippen LogP contribution in [0.25, 0.3) is 10.8 Å². The summed E-state index contributed by atoms with van der Waals surface area (Å²) < 4.78 is 5.25. The molecule has 0 aliphatic carbocycles. The van der Waals surface area contributed by atoms with E-state index in [0.717, 1.165) is 25.3 Å². The molecule has 3 N–H and O–H groups in total. The van der Waals surface area contributed by atoms with Gasteiger partial charge in [0.1, 0.15) is 5.75 Å². The van der Waals surface area contributed by atoms with Crippen molar-refractivity contribution in [2.45, 2.75) is 13.0 Å². The van der Waals surface area contributed by atoms with Crippen molar-refractivity contribution in [3.05, 3.63) is 77.9 Å². The van der Waals surface area contributed by atoms with Gasteiger partial charge in [-0.1, -0.05) is 48.5 Å². The number of nitrogens with one attached hydrogen (secondary N) is 1. The molecule has 0 saturated carbocycles. The van der Waals surface area contributed by atoms with Crippen molar-refractivity contribution in [3.63, 3.8) is 0 Å². The fourth-order valence-corrected chi connectivity index (χ4v) is 2.64. The van der Waals surface area contributed by atoms with Crippen LogP contribution in [0.3, 0.4) is 0 Å². The summed E-state index contributed by atoms with van der Waals surface area (Å²) in [5, 5.41) is 20.9. The lowest BCUT2D eigenvalue weighted by atomic mass is 10.1. The Kier molecular flexibility index (Phi) is 7.99. The minimum atomic E-state index is -1.82. The van der Waals surface area contributed by atoms with E-state index >= 15 is 0 Å². The molecule has 0 unspecified atom stereocenters. The zero-order valence-electron chi connectivity index (χ0n) is 15.6. The number of carboxylic acids is 2. The maximum absolute atomic E-state index is 9.10. The first kappa shape index (κ1) is 20.9. The number of carboxylic acid groups (broad SMARTS) is 2. The van der Waals surface area contributed by atoms with Gasteiger partial charge >= 0.3 is 11.9 Å². The van der Waals surface area contributed by atoms with E-state index in [0.29, 0.717) is 0 Å². The molecule has 0 spiro atoms. The zero-order chi connectivity index (χ0) is 20.4. The van der Waals surface area contributed by atoms with Crippen LogP contribution in [0.5, 0.6) is 5.75 Å². The average Bonchev–Trinajstić information content (AvgIpc) is 2.71. The minimum absolute atomic E-state index is 0.898. The summed E-state index contributed by atoms with van der Waals surface area (Å²) in [6, 6.07) is 23.4. The van der Waals surface area contributed by atoms with E-state index in [1.165, 1.54) is 21.9 Å². The van der Waals surface area contributed by atoms with E-state index in [1.54, 1.807) is 7.11 Å². The summed E-state index contributed by atoms with van der Waals surface area (Å²) in [5.74, 6) is -2.72. The number of methoxy groups -OCH3 is 1. The lowest BCUT2D eigenvalue weighted by molar-refractivity contribution is -0.159. The Bertz CT molecular complexity index is 927. The Morgan fingerprint density at radius 2 is 1.57 bits per heavy atom. The summed E-state index contributed by atoms with van der Waals surface area (Å²) in [4.78, 5) is 18.2. The Balaban J connectivity index is 0.000000409. The van der Waals surface area contributed by atoms with Crippen LogP contribution in [-0.2, 0) is 22.6 Å². The number of benzene rings is 3. The van der Waals surface area contributed by atoms with Crippen LogP contribution < -0.4 is 10.1 Å². The Morgan fingerprint density at radius 3 is 2.25 bits per heavy atom. The van der Waals surface area contributed by atoms with Gasteiger partial charge in [0.15, 0.2) is 0 Å². The van der Waals surface area contributed by atoms with Crippen LogP contribution in [0.4, 0.5) is 0 Å². The lowest BCUT2D eigenvalue weighted by Crippen LogP contribution is -2.16. The van der Waals surface area contributed by atoms with Gasteiger partial charge in [0.05, 0.1) is 7.11 Å². The van der Waals surface area contributed by atoms with Crippen molar-refractivity contribution in [1.29, 1.82) is 0 Å². The molecule has 3 rings (SSSR count). The van der Waals surface area contributed by atoms with Gasteiger partial charge < -0.3 is 20.3 Å². The minimum Gasteiger partial charge on any atom is -0.497 e. The third kappa shape index (κ3) is 6.74. The predicted octanol–water partition coefficient (Wildman–Crippen LogP) is 3.34. The molecule has 0 amide bonds. The Hall–Kier alpha value is -3.38. The number of carbonyl (C=O) groups is 2. The van der Waals surface area contributed by atoms with Crippen LogP contribution in [-0.4, -0.2) is 35.8 Å². The maximum atomic E-state index is 9.10. The zero-order valence-corrected chi connectivity index (χ0v) is 15.6. The summed E-state index contributed by atoms with van der Waals surface area (Å²) >= 11 is 0. The van der Waals surface area contributed by atoms with Gasteiger partial charge in [0.2, 0.25) is 0 Å². The number of fused-ring (bicyclic) bond motifs is 1. The van der Waals surface area contributed by atoms with Gasteiger partial charge in [-0.15, -0.1) is 0 Å². The quantitative estimate of drug-likeness (QED) is 0.448. The molecule has 6 heteroatoms. The molecule has 0 radical (unpaired) electrons. The smallest absolute Gasteiger partial charge is 0.414 e. The first-order valence-electron chi connectivity index (χ1n) is 8.77.